The van der Waals surface area contributed by atoms with Gasteiger partial charge in [0, 0.05) is 12.0 Å². The SMILES string of the molecule is CCCCNC(N)=NCC(C)(C)c1ccc(OC)c(OC)c1.I. The Hall–Kier alpha value is -1.18. The third-order valence-electron chi connectivity index (χ3n) is 3.65. The molecular weight excluding hydrogens is 405 g/mol. The maximum atomic E-state index is 5.90. The van der Waals surface area contributed by atoms with Crippen LogP contribution in [0.15, 0.2) is 23.2 Å². The number of ether oxygens (including phenoxy) is 2. The summed E-state index contributed by atoms with van der Waals surface area (Å²) in [6.07, 6.45) is 2.23. The summed E-state index contributed by atoms with van der Waals surface area (Å²) in [7, 11) is 3.28. The van der Waals surface area contributed by atoms with E-state index in [9.17, 15) is 0 Å². The first kappa shape index (κ1) is 21.8. The molecular formula is C17H30IN3O2. The average Bonchev–Trinajstić information content (AvgIpc) is 2.52. The molecule has 0 saturated carbocycles. The van der Waals surface area contributed by atoms with Crippen LogP contribution >= 0.6 is 24.0 Å². The zero-order valence-electron chi connectivity index (χ0n) is 14.8. The molecule has 1 rings (SSSR count). The van der Waals surface area contributed by atoms with Gasteiger partial charge in [-0.25, -0.2) is 0 Å². The van der Waals surface area contributed by atoms with E-state index in [0.717, 1.165) is 36.4 Å². The summed E-state index contributed by atoms with van der Waals surface area (Å²) in [6, 6.07) is 5.95. The Bertz CT molecular complexity index is 505. The van der Waals surface area contributed by atoms with Crippen molar-refractivity contribution in [3.63, 3.8) is 0 Å². The van der Waals surface area contributed by atoms with Crippen molar-refractivity contribution in [2.75, 3.05) is 27.3 Å². The highest BCUT2D eigenvalue weighted by Gasteiger charge is 2.22. The lowest BCUT2D eigenvalue weighted by Gasteiger charge is -2.24. The fourth-order valence-electron chi connectivity index (χ4n) is 2.08. The zero-order valence-corrected chi connectivity index (χ0v) is 17.1. The smallest absolute Gasteiger partial charge is 0.188 e. The molecule has 0 aliphatic rings. The van der Waals surface area contributed by atoms with E-state index in [1.807, 2.05) is 18.2 Å². The molecule has 0 unspecified atom stereocenters. The van der Waals surface area contributed by atoms with E-state index >= 15 is 0 Å². The maximum absolute atomic E-state index is 5.90. The second kappa shape index (κ2) is 10.6. The van der Waals surface area contributed by atoms with Crippen LogP contribution in [0.5, 0.6) is 11.5 Å². The number of benzene rings is 1. The minimum Gasteiger partial charge on any atom is -0.493 e. The summed E-state index contributed by atoms with van der Waals surface area (Å²) in [5.74, 6) is 1.96. The average molecular weight is 435 g/mol. The molecule has 6 heteroatoms. The van der Waals surface area contributed by atoms with Gasteiger partial charge in [0.2, 0.25) is 0 Å². The van der Waals surface area contributed by atoms with E-state index in [4.69, 9.17) is 15.2 Å². The molecule has 132 valence electrons. The Balaban J connectivity index is 0.00000484. The molecule has 0 saturated heterocycles. The largest absolute Gasteiger partial charge is 0.493 e. The van der Waals surface area contributed by atoms with Gasteiger partial charge in [-0.1, -0.05) is 33.3 Å². The van der Waals surface area contributed by atoms with Gasteiger partial charge in [0.15, 0.2) is 17.5 Å². The van der Waals surface area contributed by atoms with Crippen molar-refractivity contribution in [3.8, 4) is 11.5 Å². The Morgan fingerprint density at radius 2 is 1.87 bits per heavy atom. The van der Waals surface area contributed by atoms with Crippen molar-refractivity contribution in [2.45, 2.75) is 39.0 Å². The number of nitrogens with two attached hydrogens (primary N) is 1. The molecule has 0 amide bonds. The van der Waals surface area contributed by atoms with Gasteiger partial charge in [-0.3, -0.25) is 4.99 Å². The van der Waals surface area contributed by atoms with Crippen LogP contribution in [0.2, 0.25) is 0 Å². The maximum Gasteiger partial charge on any atom is 0.188 e. The molecule has 1 aromatic carbocycles. The van der Waals surface area contributed by atoms with Crippen LogP contribution in [0.25, 0.3) is 0 Å². The first-order valence-electron chi connectivity index (χ1n) is 7.71. The molecule has 0 atom stereocenters. The quantitative estimate of drug-likeness (QED) is 0.285. The van der Waals surface area contributed by atoms with Gasteiger partial charge in [0.1, 0.15) is 0 Å². The summed E-state index contributed by atoms with van der Waals surface area (Å²) >= 11 is 0. The van der Waals surface area contributed by atoms with Crippen LogP contribution in [0.3, 0.4) is 0 Å². The second-order valence-electron chi connectivity index (χ2n) is 5.94. The highest BCUT2D eigenvalue weighted by atomic mass is 127. The van der Waals surface area contributed by atoms with Crippen LogP contribution in [0.4, 0.5) is 0 Å². The number of nitrogens with one attached hydrogen (secondary N) is 1. The van der Waals surface area contributed by atoms with Crippen LogP contribution in [-0.2, 0) is 5.41 Å². The molecule has 1 aromatic rings. The lowest BCUT2D eigenvalue weighted by Crippen LogP contribution is -2.34. The van der Waals surface area contributed by atoms with Gasteiger partial charge in [0.25, 0.3) is 0 Å². The topological polar surface area (TPSA) is 68.9 Å². The lowest BCUT2D eigenvalue weighted by atomic mass is 9.84. The highest BCUT2D eigenvalue weighted by molar-refractivity contribution is 14.0. The monoisotopic (exact) mass is 435 g/mol. The number of halogens is 1. The van der Waals surface area contributed by atoms with E-state index in [1.165, 1.54) is 0 Å². The number of hydrogen-bond donors (Lipinski definition) is 2. The van der Waals surface area contributed by atoms with Crippen molar-refractivity contribution in [1.29, 1.82) is 0 Å². The lowest BCUT2D eigenvalue weighted by molar-refractivity contribution is 0.353. The van der Waals surface area contributed by atoms with Crippen LogP contribution < -0.4 is 20.5 Å². The van der Waals surface area contributed by atoms with Crippen LogP contribution in [-0.4, -0.2) is 33.3 Å². The third-order valence-corrected chi connectivity index (χ3v) is 3.65. The molecule has 0 radical (unpaired) electrons. The fraction of sp³-hybridized carbons (Fsp3) is 0.588. The summed E-state index contributed by atoms with van der Waals surface area (Å²) in [5, 5.41) is 3.13. The predicted octanol–water partition coefficient (Wildman–Crippen LogP) is 3.30. The zero-order chi connectivity index (χ0) is 16.6. The summed E-state index contributed by atoms with van der Waals surface area (Å²) in [4.78, 5) is 4.45. The first-order valence-corrected chi connectivity index (χ1v) is 7.71. The van der Waals surface area contributed by atoms with E-state index in [1.54, 1.807) is 14.2 Å². The standard InChI is InChI=1S/C17H29N3O2.HI/c1-6-7-10-19-16(18)20-12-17(2,3)13-8-9-14(21-4)15(11-13)22-5;/h8-9,11H,6-7,10,12H2,1-5H3,(H3,18,19,20);1H. The van der Waals surface area contributed by atoms with Crippen molar-refractivity contribution < 1.29 is 9.47 Å². The molecule has 0 spiro atoms. The van der Waals surface area contributed by atoms with Gasteiger partial charge in [0.05, 0.1) is 20.8 Å². The molecule has 0 aliphatic carbocycles. The molecule has 5 nitrogen and oxygen atoms in total. The normalized spacial score (nSPS) is 11.6. The number of hydrogen-bond acceptors (Lipinski definition) is 3. The fourth-order valence-corrected chi connectivity index (χ4v) is 2.08. The van der Waals surface area contributed by atoms with Crippen molar-refractivity contribution in [1.82, 2.24) is 5.32 Å². The van der Waals surface area contributed by atoms with Gasteiger partial charge >= 0.3 is 0 Å². The molecule has 0 aromatic heterocycles. The molecule has 0 aliphatic heterocycles. The molecule has 0 fully saturated rings. The van der Waals surface area contributed by atoms with Crippen LogP contribution in [0.1, 0.15) is 39.2 Å². The Kier molecular flexibility index (Phi) is 10.0. The Morgan fingerprint density at radius 1 is 1.22 bits per heavy atom. The van der Waals surface area contributed by atoms with Gasteiger partial charge < -0.3 is 20.5 Å². The van der Waals surface area contributed by atoms with Gasteiger partial charge in [-0.05, 0) is 24.1 Å². The van der Waals surface area contributed by atoms with Gasteiger partial charge in [-0.15, -0.1) is 24.0 Å². The predicted molar refractivity (Wildman–Crippen MR) is 107 cm³/mol. The number of nitrogens with zero attached hydrogens (tertiary/aromatic N) is 1. The van der Waals surface area contributed by atoms with E-state index in [0.29, 0.717) is 12.5 Å². The summed E-state index contributed by atoms with van der Waals surface area (Å²) in [6.45, 7) is 7.89. The minimum atomic E-state index is -0.142. The molecule has 3 N–H and O–H groups in total. The van der Waals surface area contributed by atoms with E-state index in [-0.39, 0.29) is 29.4 Å². The summed E-state index contributed by atoms with van der Waals surface area (Å²) < 4.78 is 10.6. The number of aliphatic imine (C=N–C) groups is 1. The Labute approximate surface area is 157 Å². The highest BCUT2D eigenvalue weighted by Crippen LogP contribution is 2.33. The van der Waals surface area contributed by atoms with Crippen molar-refractivity contribution >= 4 is 29.9 Å². The molecule has 0 heterocycles. The van der Waals surface area contributed by atoms with E-state index in [2.05, 4.69) is 31.1 Å². The molecule has 0 bridgehead atoms. The molecule has 23 heavy (non-hydrogen) atoms. The second-order valence-corrected chi connectivity index (χ2v) is 5.94. The Morgan fingerprint density at radius 3 is 2.43 bits per heavy atom. The van der Waals surface area contributed by atoms with Crippen molar-refractivity contribution in [3.05, 3.63) is 23.8 Å². The van der Waals surface area contributed by atoms with Crippen LogP contribution in [0, 0.1) is 0 Å². The van der Waals surface area contributed by atoms with E-state index < -0.39 is 0 Å². The minimum absolute atomic E-state index is 0. The number of methoxy groups -OCH3 is 2. The van der Waals surface area contributed by atoms with Crippen molar-refractivity contribution in [2.24, 2.45) is 10.7 Å². The summed E-state index contributed by atoms with van der Waals surface area (Å²) in [5.41, 5.74) is 6.89. The first-order chi connectivity index (χ1) is 10.4. The number of unbranched alkanes of at least 4 members (excludes halogenated alkanes) is 1. The number of guanidine groups is 1. The third kappa shape index (κ3) is 6.85. The number of rotatable bonds is 8. The van der Waals surface area contributed by atoms with Gasteiger partial charge in [-0.2, -0.15) is 0 Å².